The number of sulfonamides is 1. The molecule has 0 bridgehead atoms. The summed E-state index contributed by atoms with van der Waals surface area (Å²) in [6.45, 7) is 0.698. The number of methoxy groups -OCH3 is 1. The van der Waals surface area contributed by atoms with Crippen LogP contribution in [-0.2, 0) is 19.6 Å². The normalized spacial score (nSPS) is 19.8. The number of para-hydroxylation sites is 1. The van der Waals surface area contributed by atoms with Crippen LogP contribution in [-0.4, -0.2) is 56.4 Å². The van der Waals surface area contributed by atoms with E-state index in [4.69, 9.17) is 0 Å². The van der Waals surface area contributed by atoms with Gasteiger partial charge in [-0.1, -0.05) is 12.1 Å². The van der Waals surface area contributed by atoms with Crippen LogP contribution >= 0.6 is 0 Å². The van der Waals surface area contributed by atoms with E-state index < -0.39 is 37.5 Å². The summed E-state index contributed by atoms with van der Waals surface area (Å²) < 4.78 is 31.4. The van der Waals surface area contributed by atoms with Crippen molar-refractivity contribution < 1.29 is 22.9 Å². The van der Waals surface area contributed by atoms with E-state index in [0.29, 0.717) is 13.0 Å². The van der Waals surface area contributed by atoms with Crippen molar-refractivity contribution in [3.63, 3.8) is 0 Å². The maximum absolute atomic E-state index is 12.9. The molecular weight excluding hydrogens is 326 g/mol. The standard InChI is InChI=1S/C13H17N3O6S/c1-22-13(17)11-9-14-7-4-8-15(11)23(20,21)12-6-3-2-5-10(12)16(18)19/h2-3,5-6,11,14H,4,7-9H2,1H3. The second-order valence-electron chi connectivity index (χ2n) is 4.94. The number of benzene rings is 1. The van der Waals surface area contributed by atoms with E-state index in [1.165, 1.54) is 25.3 Å². The van der Waals surface area contributed by atoms with Crippen molar-refractivity contribution in [3.8, 4) is 0 Å². The summed E-state index contributed by atoms with van der Waals surface area (Å²) in [6.07, 6.45) is 0.480. The molecule has 1 N–H and O–H groups in total. The molecule has 0 amide bonds. The van der Waals surface area contributed by atoms with E-state index in [9.17, 15) is 23.3 Å². The fourth-order valence-electron chi connectivity index (χ4n) is 2.43. The highest BCUT2D eigenvalue weighted by molar-refractivity contribution is 7.89. The first-order valence-electron chi connectivity index (χ1n) is 6.93. The molecule has 1 aliphatic rings. The molecular formula is C13H17N3O6S. The Balaban J connectivity index is 2.51. The number of rotatable bonds is 4. The Morgan fingerprint density at radius 3 is 2.78 bits per heavy atom. The van der Waals surface area contributed by atoms with Crippen molar-refractivity contribution in [1.29, 1.82) is 0 Å². The smallest absolute Gasteiger partial charge is 0.325 e. The van der Waals surface area contributed by atoms with Crippen LogP contribution in [0.5, 0.6) is 0 Å². The number of hydrogen-bond acceptors (Lipinski definition) is 7. The molecule has 1 fully saturated rings. The number of nitro benzene ring substituents is 1. The Morgan fingerprint density at radius 1 is 1.43 bits per heavy atom. The van der Waals surface area contributed by atoms with E-state index in [-0.39, 0.29) is 13.1 Å². The Labute approximate surface area is 133 Å². The van der Waals surface area contributed by atoms with E-state index in [1.54, 1.807) is 0 Å². The summed E-state index contributed by atoms with van der Waals surface area (Å²) in [6, 6.07) is 4.02. The third kappa shape index (κ3) is 3.49. The maximum Gasteiger partial charge on any atom is 0.325 e. The summed E-state index contributed by atoms with van der Waals surface area (Å²) in [5, 5.41) is 14.1. The van der Waals surface area contributed by atoms with Gasteiger partial charge in [-0.15, -0.1) is 0 Å². The fourth-order valence-corrected chi connectivity index (χ4v) is 4.21. The highest BCUT2D eigenvalue weighted by Gasteiger charge is 2.40. The SMILES string of the molecule is COC(=O)C1CNCCCN1S(=O)(=O)c1ccccc1[N+](=O)[O-]. The lowest BCUT2D eigenvalue weighted by atomic mass is 10.3. The van der Waals surface area contributed by atoms with Crippen LogP contribution < -0.4 is 5.32 Å². The minimum atomic E-state index is -4.21. The highest BCUT2D eigenvalue weighted by atomic mass is 32.2. The summed E-state index contributed by atoms with van der Waals surface area (Å²) in [5.74, 6) is -0.707. The van der Waals surface area contributed by atoms with Gasteiger partial charge in [-0.25, -0.2) is 8.42 Å². The lowest BCUT2D eigenvalue weighted by Crippen LogP contribution is -2.48. The molecule has 10 heteroatoms. The van der Waals surface area contributed by atoms with Gasteiger partial charge in [-0.2, -0.15) is 4.31 Å². The molecule has 1 aliphatic heterocycles. The van der Waals surface area contributed by atoms with Crippen LogP contribution in [0.3, 0.4) is 0 Å². The third-order valence-electron chi connectivity index (χ3n) is 3.54. The molecule has 0 spiro atoms. The van der Waals surface area contributed by atoms with Crippen LogP contribution in [0.15, 0.2) is 29.2 Å². The molecule has 2 rings (SSSR count). The molecule has 1 atom stereocenters. The van der Waals surface area contributed by atoms with Gasteiger partial charge in [-0.05, 0) is 19.0 Å². The first-order chi connectivity index (χ1) is 10.9. The molecule has 1 saturated heterocycles. The number of hydrogen-bond donors (Lipinski definition) is 1. The van der Waals surface area contributed by atoms with E-state index >= 15 is 0 Å². The summed E-state index contributed by atoms with van der Waals surface area (Å²) in [7, 11) is -3.04. The Kier molecular flexibility index (Phi) is 5.29. The third-order valence-corrected chi connectivity index (χ3v) is 5.49. The van der Waals surface area contributed by atoms with Crippen LogP contribution in [0, 0.1) is 10.1 Å². The van der Waals surface area contributed by atoms with Crippen molar-refractivity contribution in [2.24, 2.45) is 0 Å². The quantitative estimate of drug-likeness (QED) is 0.468. The van der Waals surface area contributed by atoms with Gasteiger partial charge >= 0.3 is 5.97 Å². The number of nitrogens with zero attached hydrogens (tertiary/aromatic N) is 2. The van der Waals surface area contributed by atoms with Gasteiger partial charge in [-0.3, -0.25) is 14.9 Å². The minimum Gasteiger partial charge on any atom is -0.468 e. The Morgan fingerprint density at radius 2 is 2.13 bits per heavy atom. The minimum absolute atomic E-state index is 0.0706. The van der Waals surface area contributed by atoms with Crippen LogP contribution in [0.1, 0.15) is 6.42 Å². The molecule has 0 aliphatic carbocycles. The summed E-state index contributed by atoms with van der Waals surface area (Å²) in [4.78, 5) is 21.9. The zero-order valence-electron chi connectivity index (χ0n) is 12.5. The van der Waals surface area contributed by atoms with Gasteiger partial charge in [0.25, 0.3) is 15.7 Å². The monoisotopic (exact) mass is 343 g/mol. The van der Waals surface area contributed by atoms with Crippen molar-refractivity contribution in [2.75, 3.05) is 26.7 Å². The highest BCUT2D eigenvalue weighted by Crippen LogP contribution is 2.28. The van der Waals surface area contributed by atoms with Crippen molar-refractivity contribution in [3.05, 3.63) is 34.4 Å². The number of carbonyl (C=O) groups is 1. The summed E-state index contributed by atoms with van der Waals surface area (Å²) >= 11 is 0. The summed E-state index contributed by atoms with van der Waals surface area (Å²) in [5.41, 5.74) is -0.520. The lowest BCUT2D eigenvalue weighted by molar-refractivity contribution is -0.387. The van der Waals surface area contributed by atoms with Gasteiger partial charge in [0.1, 0.15) is 6.04 Å². The van der Waals surface area contributed by atoms with Crippen LogP contribution in [0.25, 0.3) is 0 Å². The predicted molar refractivity (Wildman–Crippen MR) is 80.3 cm³/mol. The topological polar surface area (TPSA) is 119 Å². The fraction of sp³-hybridized carbons (Fsp3) is 0.462. The maximum atomic E-state index is 12.9. The zero-order chi connectivity index (χ0) is 17.0. The molecule has 0 radical (unpaired) electrons. The van der Waals surface area contributed by atoms with E-state index in [0.717, 1.165) is 10.4 Å². The number of ether oxygens (including phenoxy) is 1. The second kappa shape index (κ2) is 7.02. The van der Waals surface area contributed by atoms with Gasteiger partial charge in [0, 0.05) is 19.2 Å². The van der Waals surface area contributed by atoms with Gasteiger partial charge in [0.05, 0.1) is 12.0 Å². The molecule has 126 valence electrons. The average molecular weight is 343 g/mol. The zero-order valence-corrected chi connectivity index (χ0v) is 13.3. The van der Waals surface area contributed by atoms with Crippen LogP contribution in [0.4, 0.5) is 5.69 Å². The molecule has 1 aromatic rings. The molecule has 23 heavy (non-hydrogen) atoms. The van der Waals surface area contributed by atoms with Gasteiger partial charge < -0.3 is 10.1 Å². The van der Waals surface area contributed by atoms with Gasteiger partial charge in [0.15, 0.2) is 4.90 Å². The van der Waals surface area contributed by atoms with Crippen molar-refractivity contribution in [2.45, 2.75) is 17.4 Å². The molecule has 1 unspecified atom stereocenters. The first-order valence-corrected chi connectivity index (χ1v) is 8.37. The largest absolute Gasteiger partial charge is 0.468 e. The molecule has 0 saturated carbocycles. The van der Waals surface area contributed by atoms with E-state index in [1.807, 2.05) is 0 Å². The van der Waals surface area contributed by atoms with E-state index in [2.05, 4.69) is 10.1 Å². The van der Waals surface area contributed by atoms with Crippen molar-refractivity contribution >= 4 is 21.7 Å². The molecule has 1 heterocycles. The number of nitrogens with one attached hydrogen (secondary N) is 1. The second-order valence-corrected chi connectivity index (χ2v) is 6.80. The Hall–Kier alpha value is -2.04. The number of esters is 1. The van der Waals surface area contributed by atoms with Crippen LogP contribution in [0.2, 0.25) is 0 Å². The molecule has 0 aromatic heterocycles. The molecule has 1 aromatic carbocycles. The van der Waals surface area contributed by atoms with Crippen molar-refractivity contribution in [1.82, 2.24) is 9.62 Å². The van der Waals surface area contributed by atoms with Gasteiger partial charge in [0.2, 0.25) is 0 Å². The number of nitro groups is 1. The average Bonchev–Trinajstić information content (AvgIpc) is 2.80. The first kappa shape index (κ1) is 17.3. The molecule has 9 nitrogen and oxygen atoms in total. The lowest BCUT2D eigenvalue weighted by Gasteiger charge is -2.26. The Bertz CT molecular complexity index is 705. The predicted octanol–water partition coefficient (Wildman–Crippen LogP) is 0.120. The number of carbonyl (C=O) groups excluding carboxylic acids is 1.